The molecule has 2 nitrogen and oxygen atoms in total. The normalized spacial score (nSPS) is 45.7. The van der Waals surface area contributed by atoms with Crippen LogP contribution >= 0.6 is 0 Å². The minimum absolute atomic E-state index is 0.814. The summed E-state index contributed by atoms with van der Waals surface area (Å²) in [5.74, 6) is 3.68. The first-order valence-corrected chi connectivity index (χ1v) is 8.15. The van der Waals surface area contributed by atoms with Gasteiger partial charge in [-0.05, 0) is 56.5 Å². The molecule has 1 saturated carbocycles. The van der Waals surface area contributed by atoms with Crippen LogP contribution in [0.5, 0.6) is 0 Å². The Morgan fingerprint density at radius 1 is 1.11 bits per heavy atom. The predicted octanol–water partition coefficient (Wildman–Crippen LogP) is 2.74. The van der Waals surface area contributed by atoms with Crippen molar-refractivity contribution in [3.63, 3.8) is 0 Å². The fraction of sp³-hybridized carbons (Fsp3) is 1.00. The molecule has 2 heteroatoms. The number of nitrogens with zero attached hydrogens (tertiary/aromatic N) is 1. The second-order valence-electron chi connectivity index (χ2n) is 7.28. The van der Waals surface area contributed by atoms with E-state index in [0.717, 1.165) is 35.8 Å². The van der Waals surface area contributed by atoms with E-state index >= 15 is 0 Å². The van der Waals surface area contributed by atoms with Crippen LogP contribution in [0.15, 0.2) is 0 Å². The van der Waals surface area contributed by atoms with Crippen molar-refractivity contribution in [2.24, 2.45) is 23.7 Å². The van der Waals surface area contributed by atoms with E-state index in [2.05, 4.69) is 31.0 Å². The zero-order valence-corrected chi connectivity index (χ0v) is 12.4. The summed E-state index contributed by atoms with van der Waals surface area (Å²) in [7, 11) is 0. The first kappa shape index (κ1) is 12.9. The highest BCUT2D eigenvalue weighted by atomic mass is 15.2. The van der Waals surface area contributed by atoms with Crippen LogP contribution in [-0.4, -0.2) is 36.6 Å². The summed E-state index contributed by atoms with van der Waals surface area (Å²) in [6.45, 7) is 11.3. The Bertz CT molecular complexity index is 289. The van der Waals surface area contributed by atoms with Gasteiger partial charge in [0, 0.05) is 18.6 Å². The largest absolute Gasteiger partial charge is 0.316 e. The lowest BCUT2D eigenvalue weighted by Gasteiger charge is -2.43. The summed E-state index contributed by atoms with van der Waals surface area (Å²) in [5, 5.41) is 3.59. The SMILES string of the molecule is CC(C)C1CCCCC1N1CC2CNCC2C1C. The monoisotopic (exact) mass is 250 g/mol. The molecular weight excluding hydrogens is 220 g/mol. The summed E-state index contributed by atoms with van der Waals surface area (Å²) >= 11 is 0. The lowest BCUT2D eigenvalue weighted by molar-refractivity contribution is 0.0650. The van der Waals surface area contributed by atoms with Gasteiger partial charge < -0.3 is 5.32 Å². The smallest absolute Gasteiger partial charge is 0.0129 e. The number of hydrogen-bond donors (Lipinski definition) is 1. The van der Waals surface area contributed by atoms with Crippen LogP contribution in [0.1, 0.15) is 46.5 Å². The zero-order valence-electron chi connectivity index (χ0n) is 12.4. The highest BCUT2D eigenvalue weighted by Gasteiger charge is 2.46. The third kappa shape index (κ3) is 2.12. The van der Waals surface area contributed by atoms with Gasteiger partial charge in [0.2, 0.25) is 0 Å². The lowest BCUT2D eigenvalue weighted by atomic mass is 9.77. The summed E-state index contributed by atoms with van der Waals surface area (Å²) in [4.78, 5) is 2.90. The maximum absolute atomic E-state index is 3.59. The maximum atomic E-state index is 3.59. The van der Waals surface area contributed by atoms with Crippen molar-refractivity contribution in [1.29, 1.82) is 0 Å². The molecule has 0 radical (unpaired) electrons. The van der Waals surface area contributed by atoms with Gasteiger partial charge in [0.25, 0.3) is 0 Å². The molecule has 104 valence electrons. The quantitative estimate of drug-likeness (QED) is 0.811. The molecule has 0 bridgehead atoms. The first-order chi connectivity index (χ1) is 8.68. The Labute approximate surface area is 113 Å². The van der Waals surface area contributed by atoms with E-state index < -0.39 is 0 Å². The first-order valence-electron chi connectivity index (χ1n) is 8.15. The van der Waals surface area contributed by atoms with Crippen LogP contribution in [0.3, 0.4) is 0 Å². The molecule has 3 rings (SSSR count). The molecule has 5 unspecified atom stereocenters. The van der Waals surface area contributed by atoms with Crippen molar-refractivity contribution in [2.75, 3.05) is 19.6 Å². The lowest BCUT2D eigenvalue weighted by Crippen LogP contribution is -2.47. The summed E-state index contributed by atoms with van der Waals surface area (Å²) < 4.78 is 0. The second-order valence-corrected chi connectivity index (χ2v) is 7.28. The van der Waals surface area contributed by atoms with Crippen LogP contribution in [0.2, 0.25) is 0 Å². The fourth-order valence-corrected chi connectivity index (χ4v) is 4.97. The standard InChI is InChI=1S/C16H30N2/c1-11(2)14-6-4-5-7-16(14)18-10-13-8-17-9-15(13)12(18)3/h11-17H,4-10H2,1-3H3. The molecule has 2 heterocycles. The molecule has 2 aliphatic heterocycles. The van der Waals surface area contributed by atoms with Crippen molar-refractivity contribution >= 4 is 0 Å². The molecule has 5 atom stereocenters. The van der Waals surface area contributed by atoms with Crippen molar-refractivity contribution in [3.8, 4) is 0 Å². The van der Waals surface area contributed by atoms with Gasteiger partial charge in [-0.2, -0.15) is 0 Å². The topological polar surface area (TPSA) is 15.3 Å². The van der Waals surface area contributed by atoms with Crippen LogP contribution in [0.25, 0.3) is 0 Å². The van der Waals surface area contributed by atoms with Crippen LogP contribution in [0, 0.1) is 23.7 Å². The molecule has 1 aliphatic carbocycles. The van der Waals surface area contributed by atoms with Crippen LogP contribution < -0.4 is 5.32 Å². The van der Waals surface area contributed by atoms with Gasteiger partial charge >= 0.3 is 0 Å². The number of hydrogen-bond acceptors (Lipinski definition) is 2. The molecule has 0 aromatic rings. The Hall–Kier alpha value is -0.0800. The van der Waals surface area contributed by atoms with E-state index in [9.17, 15) is 0 Å². The number of fused-ring (bicyclic) bond motifs is 1. The number of likely N-dealkylation sites (tertiary alicyclic amines) is 1. The van der Waals surface area contributed by atoms with Crippen molar-refractivity contribution in [1.82, 2.24) is 10.2 Å². The minimum Gasteiger partial charge on any atom is -0.316 e. The summed E-state index contributed by atoms with van der Waals surface area (Å²) in [6, 6.07) is 1.70. The Morgan fingerprint density at radius 2 is 1.89 bits per heavy atom. The van der Waals surface area contributed by atoms with Gasteiger partial charge in [0.1, 0.15) is 0 Å². The molecule has 2 saturated heterocycles. The highest BCUT2D eigenvalue weighted by Crippen LogP contribution is 2.40. The van der Waals surface area contributed by atoms with E-state index in [1.807, 2.05) is 0 Å². The molecule has 3 aliphatic rings. The van der Waals surface area contributed by atoms with E-state index in [4.69, 9.17) is 0 Å². The number of rotatable bonds is 2. The van der Waals surface area contributed by atoms with Crippen LogP contribution in [-0.2, 0) is 0 Å². The van der Waals surface area contributed by atoms with E-state index in [-0.39, 0.29) is 0 Å². The van der Waals surface area contributed by atoms with Gasteiger partial charge in [0.15, 0.2) is 0 Å². The van der Waals surface area contributed by atoms with Crippen molar-refractivity contribution < 1.29 is 0 Å². The van der Waals surface area contributed by atoms with Crippen molar-refractivity contribution in [3.05, 3.63) is 0 Å². The molecule has 0 amide bonds. The molecule has 18 heavy (non-hydrogen) atoms. The third-order valence-electron chi connectivity index (χ3n) is 6.04. The predicted molar refractivity (Wildman–Crippen MR) is 76.6 cm³/mol. The summed E-state index contributed by atoms with van der Waals surface area (Å²) in [6.07, 6.45) is 5.86. The van der Waals surface area contributed by atoms with Gasteiger partial charge in [0.05, 0.1) is 0 Å². The van der Waals surface area contributed by atoms with E-state index in [1.165, 1.54) is 45.3 Å². The Kier molecular flexibility index (Phi) is 3.68. The second kappa shape index (κ2) is 5.13. The highest BCUT2D eigenvalue weighted by molar-refractivity contribution is 5.00. The summed E-state index contributed by atoms with van der Waals surface area (Å²) in [5.41, 5.74) is 0. The van der Waals surface area contributed by atoms with Crippen LogP contribution in [0.4, 0.5) is 0 Å². The van der Waals surface area contributed by atoms with Gasteiger partial charge in [-0.3, -0.25) is 4.90 Å². The average Bonchev–Trinajstić information content (AvgIpc) is 2.93. The molecule has 0 aromatic heterocycles. The van der Waals surface area contributed by atoms with E-state index in [1.54, 1.807) is 0 Å². The maximum Gasteiger partial charge on any atom is 0.0129 e. The average molecular weight is 250 g/mol. The Morgan fingerprint density at radius 3 is 2.61 bits per heavy atom. The number of nitrogens with one attached hydrogen (secondary N) is 1. The van der Waals surface area contributed by atoms with Crippen molar-refractivity contribution in [2.45, 2.75) is 58.5 Å². The third-order valence-corrected chi connectivity index (χ3v) is 6.04. The fourth-order valence-electron chi connectivity index (χ4n) is 4.97. The minimum atomic E-state index is 0.814. The van der Waals surface area contributed by atoms with Gasteiger partial charge in [-0.1, -0.05) is 26.7 Å². The Balaban J connectivity index is 1.73. The molecule has 1 N–H and O–H groups in total. The zero-order chi connectivity index (χ0) is 12.7. The molecule has 0 spiro atoms. The molecule has 3 fully saturated rings. The van der Waals surface area contributed by atoms with E-state index in [0.29, 0.717) is 0 Å². The van der Waals surface area contributed by atoms with Gasteiger partial charge in [-0.25, -0.2) is 0 Å². The molecular formula is C16H30N2. The molecule has 0 aromatic carbocycles. The van der Waals surface area contributed by atoms with Gasteiger partial charge in [-0.15, -0.1) is 0 Å².